The second-order valence-electron chi connectivity index (χ2n) is 5.70. The highest BCUT2D eigenvalue weighted by atomic mass is 79.9. The summed E-state index contributed by atoms with van der Waals surface area (Å²) in [4.78, 5) is 23.2. The van der Waals surface area contributed by atoms with Crippen molar-refractivity contribution in [3.8, 4) is 5.75 Å². The molecule has 2 rings (SSSR count). The predicted octanol–water partition coefficient (Wildman–Crippen LogP) is 4.78. The number of amides is 1. The minimum Gasteiger partial charge on any atom is -0.496 e. The third kappa shape index (κ3) is 6.85. The molecule has 0 saturated carbocycles. The minimum absolute atomic E-state index is 0.0830. The number of carbonyl (C=O) groups is 1. The molecule has 0 fully saturated rings. The normalized spacial score (nSPS) is 11.9. The fraction of sp³-hybridized carbons (Fsp3) is 0.176. The summed E-state index contributed by atoms with van der Waals surface area (Å²) in [5, 5.41) is 19.0. The van der Waals surface area contributed by atoms with Crippen molar-refractivity contribution < 1.29 is 14.5 Å². The first-order chi connectivity index (χ1) is 14.0. The van der Waals surface area contributed by atoms with E-state index in [9.17, 15) is 14.9 Å². The van der Waals surface area contributed by atoms with Crippen molar-refractivity contribution in [2.75, 3.05) is 12.4 Å². The van der Waals surface area contributed by atoms with Gasteiger partial charge in [-0.05, 0) is 42.5 Å². The molecule has 0 aromatic heterocycles. The molecule has 2 aromatic carbocycles. The van der Waals surface area contributed by atoms with Gasteiger partial charge in [-0.3, -0.25) is 14.9 Å². The maximum absolute atomic E-state index is 12.5. The van der Waals surface area contributed by atoms with Crippen LogP contribution in [-0.2, 0) is 0 Å². The van der Waals surface area contributed by atoms with Crippen molar-refractivity contribution >= 4 is 85.3 Å². The number of benzene rings is 2. The van der Waals surface area contributed by atoms with Crippen LogP contribution in [0.3, 0.4) is 0 Å². The van der Waals surface area contributed by atoms with E-state index in [1.54, 1.807) is 24.3 Å². The molecule has 13 heteroatoms. The summed E-state index contributed by atoms with van der Waals surface area (Å²) in [7, 11) is 1.39. The molecule has 160 valence electrons. The summed E-state index contributed by atoms with van der Waals surface area (Å²) in [5.41, 5.74) is 0.122. The Bertz CT molecular complexity index is 974. The largest absolute Gasteiger partial charge is 0.496 e. The molecule has 30 heavy (non-hydrogen) atoms. The van der Waals surface area contributed by atoms with E-state index < -0.39 is 20.8 Å². The van der Waals surface area contributed by atoms with Crippen LogP contribution in [-0.4, -0.2) is 33.0 Å². The molecule has 0 bridgehead atoms. The van der Waals surface area contributed by atoms with E-state index >= 15 is 0 Å². The van der Waals surface area contributed by atoms with Gasteiger partial charge in [0.1, 0.15) is 17.6 Å². The van der Waals surface area contributed by atoms with Crippen LogP contribution in [0.1, 0.15) is 10.4 Å². The number of nitrogens with one attached hydrogen (secondary N) is 3. The van der Waals surface area contributed by atoms with E-state index in [1.807, 2.05) is 0 Å². The molecule has 8 nitrogen and oxygen atoms in total. The summed E-state index contributed by atoms with van der Waals surface area (Å²) >= 11 is 26.3. The Labute approximate surface area is 200 Å². The molecule has 1 atom stereocenters. The second-order valence-corrected chi connectivity index (χ2v) is 9.39. The average molecular weight is 557 g/mol. The Morgan fingerprint density at radius 2 is 1.93 bits per heavy atom. The number of nitro benzene ring substituents is 1. The van der Waals surface area contributed by atoms with Crippen LogP contribution in [0.15, 0.2) is 46.9 Å². The number of anilines is 1. The van der Waals surface area contributed by atoms with E-state index in [4.69, 9.17) is 51.8 Å². The quantitative estimate of drug-likeness (QED) is 0.155. The smallest absolute Gasteiger partial charge is 0.296 e. The third-order valence-electron chi connectivity index (χ3n) is 3.61. The maximum Gasteiger partial charge on any atom is 0.296 e. The van der Waals surface area contributed by atoms with Crippen LogP contribution in [0.5, 0.6) is 5.75 Å². The molecular weight excluding hydrogens is 543 g/mol. The Kier molecular flexibility index (Phi) is 8.51. The van der Waals surface area contributed by atoms with Crippen LogP contribution in [0, 0.1) is 10.1 Å². The van der Waals surface area contributed by atoms with Gasteiger partial charge in [-0.15, -0.1) is 0 Å². The zero-order valence-corrected chi connectivity index (χ0v) is 19.8. The van der Waals surface area contributed by atoms with Crippen molar-refractivity contribution in [1.82, 2.24) is 10.6 Å². The first-order valence-electron chi connectivity index (χ1n) is 8.04. The van der Waals surface area contributed by atoms with Crippen LogP contribution in [0.4, 0.5) is 11.4 Å². The van der Waals surface area contributed by atoms with Crippen LogP contribution < -0.4 is 20.7 Å². The molecule has 0 unspecified atom stereocenters. The molecule has 3 N–H and O–H groups in total. The lowest BCUT2D eigenvalue weighted by atomic mass is 10.2. The van der Waals surface area contributed by atoms with Crippen molar-refractivity contribution in [2.24, 2.45) is 0 Å². The molecule has 0 aliphatic heterocycles. The fourth-order valence-electron chi connectivity index (χ4n) is 2.23. The van der Waals surface area contributed by atoms with Gasteiger partial charge in [0.15, 0.2) is 5.11 Å². The number of rotatable bonds is 6. The number of halogens is 4. The summed E-state index contributed by atoms with van der Waals surface area (Å²) in [6, 6.07) is 10.7. The Hall–Kier alpha value is -1.85. The molecule has 0 heterocycles. The first-order valence-corrected chi connectivity index (χ1v) is 10.4. The Morgan fingerprint density at radius 1 is 1.23 bits per heavy atom. The lowest BCUT2D eigenvalue weighted by Crippen LogP contribution is -2.56. The van der Waals surface area contributed by atoms with Gasteiger partial charge in [-0.25, -0.2) is 0 Å². The SMILES string of the molecule is COc1ccc(NC(=S)N[C@@H](NC(=O)c2cccc(Br)c2)C(Cl)(Cl)Cl)c([N+](=O)[O-])c1. The van der Waals surface area contributed by atoms with E-state index in [0.29, 0.717) is 15.8 Å². The number of thiocarbonyl (C=S) groups is 1. The number of nitrogens with zero attached hydrogens (tertiary/aromatic N) is 1. The standard InChI is InChI=1S/C17H14BrCl3N4O4S/c1-29-11-5-6-12(13(8-11)25(27)28)22-16(30)24-15(17(19,20)21)23-14(26)9-3-2-4-10(18)7-9/h2-8,15H,1H3,(H,23,26)(H2,22,24,30)/t15-/m1/s1. The molecule has 2 aromatic rings. The zero-order chi connectivity index (χ0) is 22.5. The molecule has 0 aliphatic carbocycles. The summed E-state index contributed by atoms with van der Waals surface area (Å²) in [6.07, 6.45) is -1.24. The zero-order valence-electron chi connectivity index (χ0n) is 15.1. The number of methoxy groups -OCH3 is 1. The summed E-state index contributed by atoms with van der Waals surface area (Å²) in [6.45, 7) is 0. The Morgan fingerprint density at radius 3 is 2.50 bits per heavy atom. The molecule has 0 radical (unpaired) electrons. The van der Waals surface area contributed by atoms with Gasteiger partial charge in [-0.2, -0.15) is 0 Å². The predicted molar refractivity (Wildman–Crippen MR) is 125 cm³/mol. The Balaban J connectivity index is 2.16. The van der Waals surface area contributed by atoms with E-state index in [-0.39, 0.29) is 16.5 Å². The lowest BCUT2D eigenvalue weighted by Gasteiger charge is -2.27. The molecule has 0 spiro atoms. The number of alkyl halides is 3. The number of hydrogen-bond donors (Lipinski definition) is 3. The molecule has 0 aliphatic rings. The van der Waals surface area contributed by atoms with Crippen molar-refractivity contribution in [2.45, 2.75) is 9.96 Å². The van der Waals surface area contributed by atoms with E-state index in [0.717, 1.165) is 0 Å². The van der Waals surface area contributed by atoms with Gasteiger partial charge in [0, 0.05) is 10.0 Å². The van der Waals surface area contributed by atoms with Gasteiger partial charge in [0.2, 0.25) is 3.79 Å². The third-order valence-corrected chi connectivity index (χ3v) is 4.98. The molecular formula is C17H14BrCl3N4O4S. The van der Waals surface area contributed by atoms with Gasteiger partial charge < -0.3 is 20.7 Å². The number of carbonyl (C=O) groups excluding carboxylic acids is 1. The highest BCUT2D eigenvalue weighted by Crippen LogP contribution is 2.31. The topological polar surface area (TPSA) is 106 Å². The number of nitro groups is 1. The van der Waals surface area contributed by atoms with Crippen LogP contribution >= 0.6 is 63.0 Å². The van der Waals surface area contributed by atoms with Crippen molar-refractivity contribution in [1.29, 1.82) is 0 Å². The monoisotopic (exact) mass is 554 g/mol. The number of hydrogen-bond acceptors (Lipinski definition) is 5. The van der Waals surface area contributed by atoms with Gasteiger partial charge in [0.05, 0.1) is 18.1 Å². The highest BCUT2D eigenvalue weighted by molar-refractivity contribution is 9.10. The molecule has 0 saturated heterocycles. The first kappa shape index (κ1) is 24.4. The maximum atomic E-state index is 12.5. The van der Waals surface area contributed by atoms with Gasteiger partial charge in [-0.1, -0.05) is 56.8 Å². The van der Waals surface area contributed by atoms with Crippen molar-refractivity contribution in [3.05, 3.63) is 62.6 Å². The second kappa shape index (κ2) is 10.5. The summed E-state index contributed by atoms with van der Waals surface area (Å²) in [5.74, 6) is -0.232. The van der Waals surface area contributed by atoms with Gasteiger partial charge >= 0.3 is 0 Å². The number of ether oxygens (including phenoxy) is 1. The van der Waals surface area contributed by atoms with E-state index in [2.05, 4.69) is 31.9 Å². The highest BCUT2D eigenvalue weighted by Gasteiger charge is 2.35. The minimum atomic E-state index is -1.99. The van der Waals surface area contributed by atoms with Crippen molar-refractivity contribution in [3.63, 3.8) is 0 Å². The fourth-order valence-corrected chi connectivity index (χ4v) is 3.18. The lowest BCUT2D eigenvalue weighted by molar-refractivity contribution is -0.384. The average Bonchev–Trinajstić information content (AvgIpc) is 2.66. The van der Waals surface area contributed by atoms with Gasteiger partial charge in [0.25, 0.3) is 11.6 Å². The van der Waals surface area contributed by atoms with Crippen LogP contribution in [0.2, 0.25) is 0 Å². The van der Waals surface area contributed by atoms with E-state index in [1.165, 1.54) is 25.3 Å². The molecule has 1 amide bonds. The summed E-state index contributed by atoms with van der Waals surface area (Å²) < 4.78 is 3.69. The van der Waals surface area contributed by atoms with Crippen LogP contribution in [0.25, 0.3) is 0 Å².